The van der Waals surface area contributed by atoms with Gasteiger partial charge >= 0.3 is 0 Å². The number of carbonyl (C=O) groups excluding carboxylic acids is 1. The zero-order valence-corrected chi connectivity index (χ0v) is 19.5. The first kappa shape index (κ1) is 21.1. The molecule has 4 nitrogen and oxygen atoms in total. The van der Waals surface area contributed by atoms with Crippen LogP contribution < -0.4 is 0 Å². The monoisotopic (exact) mass is 401 g/mol. The van der Waals surface area contributed by atoms with Gasteiger partial charge < -0.3 is 14.1 Å². The van der Waals surface area contributed by atoms with Crippen molar-refractivity contribution in [2.45, 2.75) is 84.0 Å². The molecule has 3 rings (SSSR count). The number of fused-ring (bicyclic) bond motifs is 3. The smallest absolute Gasteiger partial charge is 0.295 e. The zero-order valence-electron chi connectivity index (χ0n) is 18.5. The normalized spacial score (nSPS) is 20.2. The van der Waals surface area contributed by atoms with E-state index in [1.54, 1.807) is 0 Å². The van der Waals surface area contributed by atoms with Gasteiger partial charge in [-0.15, -0.1) is 0 Å². The summed E-state index contributed by atoms with van der Waals surface area (Å²) in [6, 6.07) is 6.48. The summed E-state index contributed by atoms with van der Waals surface area (Å²) >= 11 is 0. The van der Waals surface area contributed by atoms with Crippen LogP contribution in [0.1, 0.15) is 64.3 Å². The predicted octanol–water partition coefficient (Wildman–Crippen LogP) is 5.85. The minimum Gasteiger partial charge on any atom is -0.519 e. The number of aryl methyl sites for hydroxylation is 1. The first-order valence-corrected chi connectivity index (χ1v) is 13.4. The summed E-state index contributed by atoms with van der Waals surface area (Å²) in [6.07, 6.45) is 2.85. The maximum atomic E-state index is 13.0. The van der Waals surface area contributed by atoms with E-state index in [0.717, 1.165) is 25.0 Å². The highest BCUT2D eigenvalue weighted by Gasteiger charge is 2.45. The van der Waals surface area contributed by atoms with Gasteiger partial charge in [-0.3, -0.25) is 4.79 Å². The molecular formula is C23H35NO3Si. The minimum atomic E-state index is -2.15. The second-order valence-electron chi connectivity index (χ2n) is 9.53. The summed E-state index contributed by atoms with van der Waals surface area (Å²) in [7, 11) is -2.15. The average Bonchev–Trinajstić information content (AvgIpc) is 3.00. The first-order chi connectivity index (χ1) is 13.0. The molecule has 28 heavy (non-hydrogen) atoms. The molecule has 1 aliphatic heterocycles. The van der Waals surface area contributed by atoms with Crippen LogP contribution in [0, 0.1) is 0 Å². The molecule has 0 amide bonds. The van der Waals surface area contributed by atoms with E-state index in [2.05, 4.69) is 70.9 Å². The summed E-state index contributed by atoms with van der Waals surface area (Å²) in [5.74, 6) is -0.143. The molecule has 0 saturated heterocycles. The molecule has 1 unspecified atom stereocenters. The number of nitrogens with one attached hydrogen (secondary N) is 1. The molecule has 2 aromatic rings. The Balaban J connectivity index is 1.98. The molecule has 1 aromatic carbocycles. The largest absolute Gasteiger partial charge is 0.519 e. The quantitative estimate of drug-likeness (QED) is 0.640. The summed E-state index contributed by atoms with van der Waals surface area (Å²) < 4.78 is 12.4. The van der Waals surface area contributed by atoms with E-state index in [9.17, 15) is 4.79 Å². The molecule has 0 aliphatic carbocycles. The van der Waals surface area contributed by atoms with Crippen LogP contribution in [-0.2, 0) is 32.4 Å². The van der Waals surface area contributed by atoms with E-state index in [-0.39, 0.29) is 17.4 Å². The molecule has 1 aliphatic rings. The van der Waals surface area contributed by atoms with Crippen LogP contribution in [0.4, 0.5) is 0 Å². The molecule has 1 aromatic heterocycles. The van der Waals surface area contributed by atoms with Gasteiger partial charge in [0.25, 0.3) is 14.3 Å². The molecular weight excluding hydrogens is 366 g/mol. The number of ether oxygens (including phenoxy) is 1. The number of carbonyl (C=O) groups is 1. The van der Waals surface area contributed by atoms with Gasteiger partial charge in [-0.1, -0.05) is 52.8 Å². The van der Waals surface area contributed by atoms with Gasteiger partial charge in [-0.05, 0) is 48.5 Å². The van der Waals surface area contributed by atoms with Crippen molar-refractivity contribution in [3.8, 4) is 0 Å². The fraction of sp³-hybridized carbons (Fsp3) is 0.609. The molecule has 0 spiro atoms. The number of rotatable bonds is 5. The van der Waals surface area contributed by atoms with Crippen molar-refractivity contribution in [1.29, 1.82) is 0 Å². The van der Waals surface area contributed by atoms with E-state index in [1.807, 2.05) is 0 Å². The molecule has 154 valence electrons. The molecule has 0 saturated carbocycles. The van der Waals surface area contributed by atoms with Gasteiger partial charge in [-0.2, -0.15) is 0 Å². The molecule has 0 fully saturated rings. The number of aromatic amines is 1. The highest BCUT2D eigenvalue weighted by Crippen LogP contribution is 2.43. The van der Waals surface area contributed by atoms with Gasteiger partial charge in [-0.25, -0.2) is 0 Å². The Hall–Kier alpha value is -1.59. The maximum Gasteiger partial charge on any atom is 0.295 e. The standard InChI is InChI=1S/C23H35NO3Si/c1-8-16-11-10-12-17-18-13-14-26-23(9-2,21(18)24-20(16)17)15-19(25)27-28(6,7)22(3,4)5/h10-12,24H,8-9,13-15H2,1-7H3. The first-order valence-electron chi connectivity index (χ1n) is 10.5. The average molecular weight is 402 g/mol. The number of H-pyrrole nitrogens is 1. The molecule has 1 N–H and O–H groups in total. The van der Waals surface area contributed by atoms with Crippen molar-refractivity contribution < 1.29 is 14.0 Å². The third-order valence-electron chi connectivity index (χ3n) is 6.77. The lowest BCUT2D eigenvalue weighted by Crippen LogP contribution is -2.45. The van der Waals surface area contributed by atoms with Crippen LogP contribution in [0.25, 0.3) is 10.9 Å². The van der Waals surface area contributed by atoms with Gasteiger partial charge in [0, 0.05) is 10.9 Å². The number of hydrogen-bond donors (Lipinski definition) is 1. The molecule has 0 bridgehead atoms. The third kappa shape index (κ3) is 3.55. The van der Waals surface area contributed by atoms with Crippen LogP contribution in [0.2, 0.25) is 18.1 Å². The molecule has 1 atom stereocenters. The van der Waals surface area contributed by atoms with E-state index < -0.39 is 13.9 Å². The number of benzene rings is 1. The topological polar surface area (TPSA) is 51.3 Å². The summed E-state index contributed by atoms with van der Waals surface area (Å²) in [4.78, 5) is 16.7. The summed E-state index contributed by atoms with van der Waals surface area (Å²) in [5.41, 5.74) is 4.25. The Morgan fingerprint density at radius 2 is 2.00 bits per heavy atom. The molecule has 0 radical (unpaired) electrons. The summed E-state index contributed by atoms with van der Waals surface area (Å²) in [5, 5.41) is 1.27. The second kappa shape index (κ2) is 7.34. The summed E-state index contributed by atoms with van der Waals surface area (Å²) in [6.45, 7) is 15.6. The van der Waals surface area contributed by atoms with E-state index in [1.165, 1.54) is 22.0 Å². The highest BCUT2D eigenvalue weighted by molar-refractivity contribution is 6.75. The van der Waals surface area contributed by atoms with Gasteiger partial charge in [0.05, 0.1) is 18.7 Å². The number of para-hydroxylation sites is 1. The van der Waals surface area contributed by atoms with Crippen molar-refractivity contribution in [3.05, 3.63) is 35.0 Å². The second-order valence-corrected chi connectivity index (χ2v) is 14.3. The number of hydrogen-bond acceptors (Lipinski definition) is 3. The van der Waals surface area contributed by atoms with Crippen LogP contribution >= 0.6 is 0 Å². The van der Waals surface area contributed by atoms with Crippen molar-refractivity contribution in [2.75, 3.05) is 6.61 Å². The Labute approximate surface area is 170 Å². The number of aromatic nitrogens is 1. The Morgan fingerprint density at radius 1 is 1.29 bits per heavy atom. The van der Waals surface area contributed by atoms with Gasteiger partial charge in [0.15, 0.2) is 0 Å². The van der Waals surface area contributed by atoms with Crippen molar-refractivity contribution in [2.24, 2.45) is 0 Å². The Bertz CT molecular complexity index is 878. The maximum absolute atomic E-state index is 13.0. The van der Waals surface area contributed by atoms with Crippen LogP contribution in [0.3, 0.4) is 0 Å². The third-order valence-corrected chi connectivity index (χ3v) is 11.1. The lowest BCUT2D eigenvalue weighted by atomic mass is 9.86. The fourth-order valence-electron chi connectivity index (χ4n) is 3.95. The van der Waals surface area contributed by atoms with Crippen molar-refractivity contribution >= 4 is 25.2 Å². The SMILES string of the molecule is CCc1cccc2c3c([nH]c12)C(CC)(CC(=O)O[Si](C)(C)C(C)(C)C)OCC3. The molecule has 2 heterocycles. The minimum absolute atomic E-state index is 0.00222. The van der Waals surface area contributed by atoms with E-state index in [4.69, 9.17) is 9.16 Å². The van der Waals surface area contributed by atoms with Crippen LogP contribution in [0.15, 0.2) is 18.2 Å². The lowest BCUT2D eigenvalue weighted by molar-refractivity contribution is -0.147. The highest BCUT2D eigenvalue weighted by atomic mass is 28.4. The van der Waals surface area contributed by atoms with E-state index in [0.29, 0.717) is 6.61 Å². The van der Waals surface area contributed by atoms with E-state index >= 15 is 0 Å². The van der Waals surface area contributed by atoms with Gasteiger partial charge in [0.2, 0.25) is 0 Å². The Kier molecular flexibility index (Phi) is 5.54. The van der Waals surface area contributed by atoms with Gasteiger partial charge in [0.1, 0.15) is 5.60 Å². The van der Waals surface area contributed by atoms with Crippen molar-refractivity contribution in [3.63, 3.8) is 0 Å². The lowest BCUT2D eigenvalue weighted by Gasteiger charge is -2.39. The zero-order chi connectivity index (χ0) is 20.7. The fourth-order valence-corrected chi connectivity index (χ4v) is 4.90. The van der Waals surface area contributed by atoms with Crippen LogP contribution in [-0.4, -0.2) is 25.9 Å². The predicted molar refractivity (Wildman–Crippen MR) is 117 cm³/mol. The molecule has 5 heteroatoms. The van der Waals surface area contributed by atoms with Crippen molar-refractivity contribution in [1.82, 2.24) is 4.98 Å². The Morgan fingerprint density at radius 3 is 2.61 bits per heavy atom. The van der Waals surface area contributed by atoms with Crippen LogP contribution in [0.5, 0.6) is 0 Å².